The summed E-state index contributed by atoms with van der Waals surface area (Å²) in [4.78, 5) is 37.5. The highest BCUT2D eigenvalue weighted by molar-refractivity contribution is 5.83. The number of nitrogens with one attached hydrogen (secondary N) is 2. The molecule has 0 saturated heterocycles. The van der Waals surface area contributed by atoms with Gasteiger partial charge in [-0.25, -0.2) is 19.0 Å². The first-order valence-electron chi connectivity index (χ1n) is 10.6. The van der Waals surface area contributed by atoms with E-state index in [9.17, 15) is 35.5 Å². The molecule has 0 amide bonds. The summed E-state index contributed by atoms with van der Waals surface area (Å²) in [5, 5.41) is 21.4. The van der Waals surface area contributed by atoms with Gasteiger partial charge in [0.15, 0.2) is 0 Å². The van der Waals surface area contributed by atoms with Crippen LogP contribution in [0.3, 0.4) is 0 Å². The molecule has 17 heteroatoms. The molecule has 2 aromatic carbocycles. The molecule has 2 heterocycles. The number of fused-ring (bicyclic) bond motifs is 1. The highest BCUT2D eigenvalue weighted by Gasteiger charge is 2.38. The molecule has 4 aromatic rings. The third-order valence-corrected chi connectivity index (χ3v) is 4.76. The second-order valence-corrected chi connectivity index (χ2v) is 7.71. The predicted octanol–water partition coefficient (Wildman–Crippen LogP) is 3.96. The largest absolute Gasteiger partial charge is 0.490 e. The first-order valence-corrected chi connectivity index (χ1v) is 10.6. The standard InChI is InChI=1S/C19H16FN5O.2C2HF3O2/c20-14-4-1-11(2-5-14)7-16(21)18-24-17-6-3-12(13-9-22-23-10-13)8-15(17)19(26)25-18;2*3-2(4,5)1(6)7/h1-6,8-10,16H,7,21H2,(H,22,23)(H,24,25,26);2*(H,6,7)/t16-;;/m0../s1. The van der Waals surface area contributed by atoms with Crippen molar-refractivity contribution in [3.63, 3.8) is 0 Å². The van der Waals surface area contributed by atoms with E-state index in [4.69, 9.17) is 25.5 Å². The summed E-state index contributed by atoms with van der Waals surface area (Å²) in [6.07, 6.45) is -6.27. The Kier molecular flexibility index (Phi) is 10.1. The van der Waals surface area contributed by atoms with E-state index in [1.54, 1.807) is 36.7 Å². The van der Waals surface area contributed by atoms with Gasteiger partial charge in [-0.3, -0.25) is 9.89 Å². The van der Waals surface area contributed by atoms with Crippen molar-refractivity contribution in [2.24, 2.45) is 5.73 Å². The first-order chi connectivity index (χ1) is 18.5. The summed E-state index contributed by atoms with van der Waals surface area (Å²) in [5.41, 5.74) is 9.16. The van der Waals surface area contributed by atoms with Crippen molar-refractivity contribution in [3.8, 4) is 11.1 Å². The fraction of sp³-hybridized carbons (Fsp3) is 0.174. The number of nitrogens with two attached hydrogens (primary N) is 1. The second-order valence-electron chi connectivity index (χ2n) is 7.71. The Hall–Kier alpha value is -4.80. The number of hydrogen-bond acceptors (Lipinski definition) is 6. The molecule has 0 aliphatic carbocycles. The maximum atomic E-state index is 13.0. The minimum atomic E-state index is -5.08. The van der Waals surface area contributed by atoms with Crippen molar-refractivity contribution in [2.45, 2.75) is 24.8 Å². The smallest absolute Gasteiger partial charge is 0.475 e. The number of aliphatic carboxylic acids is 2. The maximum Gasteiger partial charge on any atom is 0.490 e. The molecule has 0 unspecified atom stereocenters. The molecule has 0 fully saturated rings. The third kappa shape index (κ3) is 9.19. The number of carbonyl (C=O) groups is 2. The van der Waals surface area contributed by atoms with Gasteiger partial charge < -0.3 is 20.9 Å². The number of rotatable bonds is 4. The number of carboxylic acids is 2. The van der Waals surface area contributed by atoms with Crippen LogP contribution in [0, 0.1) is 5.82 Å². The zero-order chi connectivity index (χ0) is 30.3. The van der Waals surface area contributed by atoms with Crippen molar-refractivity contribution in [1.82, 2.24) is 20.2 Å². The molecule has 1 atom stereocenters. The van der Waals surface area contributed by atoms with Crippen LogP contribution in [0.5, 0.6) is 0 Å². The molecule has 214 valence electrons. The van der Waals surface area contributed by atoms with Gasteiger partial charge in [-0.2, -0.15) is 31.4 Å². The van der Waals surface area contributed by atoms with Crippen LogP contribution in [0.2, 0.25) is 0 Å². The number of carboxylic acid groups (broad SMARTS) is 2. The average Bonchev–Trinajstić information content (AvgIpc) is 3.40. The van der Waals surface area contributed by atoms with Crippen LogP contribution < -0.4 is 11.3 Å². The Morgan fingerprint density at radius 1 is 0.925 bits per heavy atom. The van der Waals surface area contributed by atoms with Crippen LogP contribution in [0.4, 0.5) is 30.7 Å². The van der Waals surface area contributed by atoms with E-state index in [1.165, 1.54) is 12.1 Å². The van der Waals surface area contributed by atoms with E-state index in [2.05, 4.69) is 20.2 Å². The Labute approximate surface area is 218 Å². The summed E-state index contributed by atoms with van der Waals surface area (Å²) in [5.74, 6) is -5.41. The van der Waals surface area contributed by atoms with Gasteiger partial charge in [0.2, 0.25) is 0 Å². The zero-order valence-electron chi connectivity index (χ0n) is 19.7. The summed E-state index contributed by atoms with van der Waals surface area (Å²) >= 11 is 0. The van der Waals surface area contributed by atoms with Gasteiger partial charge in [0, 0.05) is 11.8 Å². The maximum absolute atomic E-state index is 13.0. The average molecular weight is 577 g/mol. The van der Waals surface area contributed by atoms with Crippen molar-refractivity contribution in [3.05, 3.63) is 82.4 Å². The van der Waals surface area contributed by atoms with Crippen LogP contribution in [0.25, 0.3) is 22.0 Å². The summed E-state index contributed by atoms with van der Waals surface area (Å²) in [6.45, 7) is 0. The zero-order valence-corrected chi connectivity index (χ0v) is 19.7. The van der Waals surface area contributed by atoms with E-state index in [0.29, 0.717) is 23.1 Å². The van der Waals surface area contributed by atoms with Gasteiger partial charge in [0.25, 0.3) is 5.56 Å². The highest BCUT2D eigenvalue weighted by Crippen LogP contribution is 2.22. The predicted molar refractivity (Wildman–Crippen MR) is 124 cm³/mol. The molecule has 0 saturated carbocycles. The quantitative estimate of drug-likeness (QED) is 0.227. The molecule has 0 radical (unpaired) electrons. The SMILES string of the molecule is N[C@@H](Cc1ccc(F)cc1)c1nc2ccc(-c3cn[nH]c3)cc2c(=O)[nH]1.O=C(O)C(F)(F)F.O=C(O)C(F)(F)F. The van der Waals surface area contributed by atoms with Gasteiger partial charge in [-0.1, -0.05) is 18.2 Å². The summed E-state index contributed by atoms with van der Waals surface area (Å²) in [6, 6.07) is 11.1. The number of aromatic amines is 2. The lowest BCUT2D eigenvalue weighted by Crippen LogP contribution is -2.21. The molecule has 40 heavy (non-hydrogen) atoms. The van der Waals surface area contributed by atoms with Crippen LogP contribution in [0.1, 0.15) is 17.4 Å². The first kappa shape index (κ1) is 31.4. The number of nitrogens with zero attached hydrogens (tertiary/aromatic N) is 2. The molecule has 0 aliphatic heterocycles. The third-order valence-electron chi connectivity index (χ3n) is 4.76. The van der Waals surface area contributed by atoms with Crippen LogP contribution >= 0.6 is 0 Å². The normalized spacial score (nSPS) is 12.0. The van der Waals surface area contributed by atoms with Crippen molar-refractivity contribution in [1.29, 1.82) is 0 Å². The molecule has 10 nitrogen and oxygen atoms in total. The van der Waals surface area contributed by atoms with Gasteiger partial charge in [-0.05, 0) is 41.8 Å². The minimum Gasteiger partial charge on any atom is -0.475 e. The number of hydrogen-bond donors (Lipinski definition) is 5. The number of H-pyrrole nitrogens is 2. The van der Waals surface area contributed by atoms with Crippen LogP contribution in [-0.4, -0.2) is 54.7 Å². The molecule has 0 aliphatic rings. The lowest BCUT2D eigenvalue weighted by atomic mass is 10.0. The molecule has 6 N–H and O–H groups in total. The van der Waals surface area contributed by atoms with Gasteiger partial charge in [0.05, 0.1) is 23.1 Å². The van der Waals surface area contributed by atoms with Crippen molar-refractivity contribution in [2.75, 3.05) is 0 Å². The molecular formula is C23H18F7N5O5. The van der Waals surface area contributed by atoms with Gasteiger partial charge in [-0.15, -0.1) is 0 Å². The Balaban J connectivity index is 0.000000333. The summed E-state index contributed by atoms with van der Waals surface area (Å²) < 4.78 is 76.5. The van der Waals surface area contributed by atoms with Crippen LogP contribution in [0.15, 0.2) is 59.7 Å². The summed E-state index contributed by atoms with van der Waals surface area (Å²) in [7, 11) is 0. The number of aromatic nitrogens is 4. The van der Waals surface area contributed by atoms with E-state index in [1.807, 2.05) is 6.07 Å². The van der Waals surface area contributed by atoms with Crippen molar-refractivity contribution < 1.29 is 50.5 Å². The number of benzene rings is 2. The number of halogens is 7. The second kappa shape index (κ2) is 12.8. The topological polar surface area (TPSA) is 175 Å². The van der Waals surface area contributed by atoms with Crippen LogP contribution in [-0.2, 0) is 16.0 Å². The Morgan fingerprint density at radius 2 is 1.48 bits per heavy atom. The highest BCUT2D eigenvalue weighted by atomic mass is 19.4. The van der Waals surface area contributed by atoms with E-state index >= 15 is 0 Å². The molecule has 0 spiro atoms. The lowest BCUT2D eigenvalue weighted by Gasteiger charge is -2.12. The van der Waals surface area contributed by atoms with E-state index < -0.39 is 30.3 Å². The molecule has 0 bridgehead atoms. The Bertz CT molecular complexity index is 1480. The monoisotopic (exact) mass is 577 g/mol. The van der Waals surface area contributed by atoms with Gasteiger partial charge >= 0.3 is 24.3 Å². The minimum absolute atomic E-state index is 0.245. The lowest BCUT2D eigenvalue weighted by molar-refractivity contribution is -0.193. The number of alkyl halides is 6. The van der Waals surface area contributed by atoms with Crippen molar-refractivity contribution >= 4 is 22.8 Å². The Morgan fingerprint density at radius 3 is 1.95 bits per heavy atom. The fourth-order valence-electron chi connectivity index (χ4n) is 2.89. The van der Waals surface area contributed by atoms with E-state index in [0.717, 1.165) is 16.7 Å². The molecular weight excluding hydrogens is 559 g/mol. The fourth-order valence-corrected chi connectivity index (χ4v) is 2.89. The van der Waals surface area contributed by atoms with E-state index in [-0.39, 0.29) is 11.4 Å². The molecule has 4 rings (SSSR count). The van der Waals surface area contributed by atoms with Gasteiger partial charge in [0.1, 0.15) is 11.6 Å². The molecule has 2 aromatic heterocycles.